The normalized spacial score (nSPS) is 52.9. The van der Waals surface area contributed by atoms with Gasteiger partial charge in [0.05, 0.1) is 60.3 Å². The van der Waals surface area contributed by atoms with Gasteiger partial charge in [-0.25, -0.2) is 0 Å². The van der Waals surface area contributed by atoms with E-state index < -0.39 is 255 Å². The van der Waals surface area contributed by atoms with Crippen LogP contribution in [-0.4, -0.2) is 388 Å². The Labute approximate surface area is 467 Å². The summed E-state index contributed by atoms with van der Waals surface area (Å²) in [5, 5.41) is 223. The second-order valence-electron chi connectivity index (χ2n) is 22.3. The molecular weight excluding hydrogens is 1120 g/mol. The van der Waals surface area contributed by atoms with Crippen LogP contribution in [0.5, 0.6) is 0 Å². The van der Waals surface area contributed by atoms with Gasteiger partial charge in [-0.3, -0.25) is 0 Å². The van der Waals surface area contributed by atoms with Crippen LogP contribution in [0.15, 0.2) is 0 Å². The lowest BCUT2D eigenvalue weighted by Gasteiger charge is -2.50. The van der Waals surface area contributed by atoms with E-state index in [9.17, 15) is 102 Å². The van der Waals surface area contributed by atoms with Gasteiger partial charge in [-0.05, 0) is 6.42 Å². The fourth-order valence-electron chi connectivity index (χ4n) is 11.6. The largest absolute Gasteiger partial charge is 0.394 e. The zero-order chi connectivity index (χ0) is 60.0. The minimum absolute atomic E-state index is 0.0529. The van der Waals surface area contributed by atoms with Gasteiger partial charge >= 0.3 is 0 Å². The first-order valence-corrected chi connectivity index (χ1v) is 27.0. The van der Waals surface area contributed by atoms with Crippen molar-refractivity contribution in [1.29, 1.82) is 0 Å². The Hall–Kier alpha value is -1.40. The molecule has 82 heavy (non-hydrogen) atoms. The van der Waals surface area contributed by atoms with E-state index in [1.165, 1.54) is 0 Å². The Morgan fingerprint density at radius 1 is 0.244 bits per heavy atom. The molecule has 0 aromatic carbocycles. The summed E-state index contributed by atoms with van der Waals surface area (Å²) < 4.78 is 81.7. The van der Waals surface area contributed by atoms with E-state index in [4.69, 9.17) is 66.3 Å². The first-order chi connectivity index (χ1) is 38.9. The zero-order valence-electron chi connectivity index (χ0n) is 44.7. The molecule has 0 aromatic rings. The Bertz CT molecular complexity index is 1960. The molecule has 21 heterocycles. The molecule has 0 radical (unpaired) electrons. The molecule has 21 aliphatic rings. The number of aliphatic hydroxyl groups is 20. The molecule has 35 atom stereocenters. The zero-order valence-corrected chi connectivity index (χ0v) is 44.7. The molecule has 20 N–H and O–H groups in total. The summed E-state index contributed by atoms with van der Waals surface area (Å²) in [7, 11) is 3.55. The van der Waals surface area contributed by atoms with Crippen LogP contribution in [0.25, 0.3) is 0 Å². The molecular formula is C47H82NO34+. The van der Waals surface area contributed by atoms with Crippen LogP contribution in [0, 0.1) is 0 Å². The predicted molar refractivity (Wildman–Crippen MR) is 253 cm³/mol. The molecule has 35 nitrogen and oxygen atoms in total. The Morgan fingerprint density at radius 2 is 0.402 bits per heavy atom. The van der Waals surface area contributed by atoms with Crippen molar-refractivity contribution in [1.82, 2.24) is 0 Å². The van der Waals surface area contributed by atoms with Gasteiger partial charge in [0.2, 0.25) is 0 Å². The van der Waals surface area contributed by atoms with Crippen LogP contribution >= 0.6 is 0 Å². The molecule has 0 unspecified atom stereocenters. The van der Waals surface area contributed by atoms with Crippen LogP contribution in [-0.2, 0) is 66.3 Å². The minimum atomic E-state index is -2.20. The topological polar surface area (TPSA) is 534 Å². The number of hydrogen-bond donors (Lipinski definition) is 20. The smallest absolute Gasteiger partial charge is 0.187 e. The lowest BCUT2D eigenvalue weighted by Crippen LogP contribution is -2.69. The molecule has 14 bridgehead atoms. The monoisotopic (exact) mass is 1200 g/mol. The van der Waals surface area contributed by atoms with Crippen molar-refractivity contribution < 1.29 is 173 Å². The summed E-state index contributed by atoms with van der Waals surface area (Å²) in [5.74, 6) is 0. The van der Waals surface area contributed by atoms with E-state index in [2.05, 4.69) is 0 Å². The maximum Gasteiger partial charge on any atom is 0.187 e. The molecule has 35 heteroatoms. The minimum Gasteiger partial charge on any atom is -0.394 e. The number of nitrogens with zero attached hydrogens (tertiary/aromatic N) is 1. The first kappa shape index (κ1) is 66.6. The molecule has 21 aliphatic heterocycles. The van der Waals surface area contributed by atoms with E-state index in [1.807, 2.05) is 6.92 Å². The third-order valence-electron chi connectivity index (χ3n) is 16.1. The van der Waals surface area contributed by atoms with Gasteiger partial charge in [-0.15, -0.1) is 0 Å². The van der Waals surface area contributed by atoms with Crippen molar-refractivity contribution >= 4 is 0 Å². The fraction of sp³-hybridized carbons (Fsp3) is 1.00. The van der Waals surface area contributed by atoms with Gasteiger partial charge in [0.15, 0.2) is 44.0 Å². The molecule has 0 aliphatic carbocycles. The van der Waals surface area contributed by atoms with Gasteiger partial charge in [-0.1, -0.05) is 6.92 Å². The third kappa shape index (κ3) is 13.4. The molecule has 21 fully saturated rings. The van der Waals surface area contributed by atoms with Crippen molar-refractivity contribution in [3.8, 4) is 0 Å². The third-order valence-corrected chi connectivity index (χ3v) is 16.1. The van der Waals surface area contributed by atoms with Crippen molar-refractivity contribution in [2.75, 3.05) is 66.8 Å². The van der Waals surface area contributed by atoms with E-state index in [-0.39, 0.29) is 11.0 Å². The molecule has 0 amide bonds. The van der Waals surface area contributed by atoms with Gasteiger partial charge in [-0.2, -0.15) is 0 Å². The van der Waals surface area contributed by atoms with E-state index in [1.54, 1.807) is 14.1 Å². The van der Waals surface area contributed by atoms with Gasteiger partial charge in [0.1, 0.15) is 177 Å². The van der Waals surface area contributed by atoms with Crippen LogP contribution in [0.2, 0.25) is 0 Å². The highest BCUT2D eigenvalue weighted by molar-refractivity contribution is 5.02. The standard InChI is InChI=1S/C47H82NO34/c1-4-5-48(2,3)6-13-34-20(55)27(62)41(69-13)77-35-14(7-49)71-43(29(64)22(35)57)79-37-16(9-51)73-45(31(66)24(37)59)81-39-18(11-53)75-47(33(68)26(39)61)82-40-19(12-54)74-46(32(67)25(40)60)80-38-17(10-52)72-44(30(65)23(38)58)78-36-15(8-50)70-42(76-34)28(63)21(36)56/h13-47,49-68H,4-12H2,1-3H3/q+1/t13-,14-,15-,16-,17-,18-,19-,20-,21-,22-,23-,24-,25-,26-,27-,28-,29-,30-,31-,32-,33-,34-,35-,36-,37-,38-,39-,40-,41-,42-,43-,44-,45-,46-,47-/m1/s1. The lowest BCUT2D eigenvalue weighted by atomic mass is 9.94. The summed E-state index contributed by atoms with van der Waals surface area (Å²) in [6.45, 7) is -3.83. The Kier molecular flexibility index (Phi) is 22.7. The second kappa shape index (κ2) is 28.0. The van der Waals surface area contributed by atoms with Gasteiger partial charge in [0.25, 0.3) is 0 Å². The molecule has 0 aromatic heterocycles. The molecule has 0 saturated carbocycles. The number of likely N-dealkylation sites (N-methyl/N-ethyl adjacent to an activating group) is 1. The summed E-state index contributed by atoms with van der Waals surface area (Å²) in [5.41, 5.74) is 0. The van der Waals surface area contributed by atoms with Crippen molar-refractivity contribution in [2.45, 2.75) is 228 Å². The summed E-state index contributed by atoms with van der Waals surface area (Å²) in [6, 6.07) is 0. The van der Waals surface area contributed by atoms with E-state index in [0.717, 1.165) is 0 Å². The fourth-order valence-corrected chi connectivity index (χ4v) is 11.6. The maximum atomic E-state index is 11.8. The maximum absolute atomic E-state index is 11.8. The van der Waals surface area contributed by atoms with Crippen molar-refractivity contribution in [2.24, 2.45) is 0 Å². The second-order valence-corrected chi connectivity index (χ2v) is 22.3. The van der Waals surface area contributed by atoms with Crippen molar-refractivity contribution in [3.05, 3.63) is 0 Å². The Balaban J connectivity index is 1.10. The number of aliphatic hydroxyl groups excluding tert-OH is 20. The highest BCUT2D eigenvalue weighted by Gasteiger charge is 2.60. The number of ether oxygens (including phenoxy) is 14. The highest BCUT2D eigenvalue weighted by atomic mass is 16.8. The van der Waals surface area contributed by atoms with Crippen LogP contribution in [0.3, 0.4) is 0 Å². The molecule has 21 saturated heterocycles. The van der Waals surface area contributed by atoms with Gasteiger partial charge in [0, 0.05) is 0 Å². The summed E-state index contributed by atoms with van der Waals surface area (Å²) in [6.07, 6.45) is -68.0. The first-order valence-electron chi connectivity index (χ1n) is 27.0. The number of rotatable bonds is 10. The van der Waals surface area contributed by atoms with Crippen LogP contribution in [0.4, 0.5) is 0 Å². The van der Waals surface area contributed by atoms with E-state index >= 15 is 0 Å². The predicted octanol–water partition coefficient (Wildman–Crippen LogP) is -13.7. The summed E-state index contributed by atoms with van der Waals surface area (Å²) >= 11 is 0. The average molecular weight is 1210 g/mol. The molecule has 478 valence electrons. The van der Waals surface area contributed by atoms with Crippen molar-refractivity contribution in [3.63, 3.8) is 0 Å². The quantitative estimate of drug-likeness (QED) is 0.0903. The van der Waals surface area contributed by atoms with Gasteiger partial charge < -0.3 is 173 Å². The van der Waals surface area contributed by atoms with Crippen LogP contribution in [0.1, 0.15) is 13.3 Å². The molecule has 0 spiro atoms. The number of hydrogen-bond acceptors (Lipinski definition) is 34. The van der Waals surface area contributed by atoms with E-state index in [0.29, 0.717) is 13.0 Å². The summed E-state index contributed by atoms with van der Waals surface area (Å²) in [4.78, 5) is 0. The van der Waals surface area contributed by atoms with Crippen LogP contribution < -0.4 is 0 Å². The molecule has 21 rings (SSSR count). The number of quaternary nitrogens is 1. The lowest BCUT2D eigenvalue weighted by molar-refractivity contribution is -0.894. The SMILES string of the molecule is CCC[N+](C)(C)C[C@H]1O[C@@H]2O[C@H]3[C@H](O)[C@@H](O)[C@@H](O[C@H]4[C@H](O)[C@@H](O)[C@@H](O[C@H]5[C@H](O)[C@@H](O)[C@@H](O[C@H]6[C@H](O)[C@@H](O)[C@@H](O[C@H]7[C@H](O)[C@@H](O)[C@@H](O[C@H]8[C@H](O)[C@@H](O)[C@@H](O[C@H]1[C@H](O)[C@H]2O)O[C@@H]8CO)O[C@@H]7CO)O[C@@H]6CO)O[C@@H]5CO)O[C@@H]4CO)O[C@@H]3CO. The highest BCUT2D eigenvalue weighted by Crippen LogP contribution is 2.39. The Morgan fingerprint density at radius 3 is 0.561 bits per heavy atom. The average Bonchev–Trinajstić information content (AvgIpc) is 3.46.